The first-order valence-electron chi connectivity index (χ1n) is 6.99. The van der Waals surface area contributed by atoms with Gasteiger partial charge in [0.05, 0.1) is 0 Å². The van der Waals surface area contributed by atoms with Crippen LogP contribution in [-0.4, -0.2) is 20.0 Å². The van der Waals surface area contributed by atoms with E-state index in [2.05, 4.69) is 10.3 Å². The average molecular weight is 365 g/mol. The zero-order valence-corrected chi connectivity index (χ0v) is 15.1. The van der Waals surface area contributed by atoms with Gasteiger partial charge in [0.15, 0.2) is 0 Å². The molecule has 1 aliphatic rings. The Morgan fingerprint density at radius 1 is 0.696 bits per heavy atom. The maximum atomic E-state index is 5.97. The Bertz CT molecular complexity index is 706. The number of rotatable bonds is 2. The van der Waals surface area contributed by atoms with Gasteiger partial charge in [0, 0.05) is 34.3 Å². The van der Waals surface area contributed by atoms with Crippen LogP contribution >= 0.6 is 23.2 Å². The van der Waals surface area contributed by atoms with Crippen LogP contribution in [0.15, 0.2) is 58.8 Å². The van der Waals surface area contributed by atoms with E-state index in [1.165, 1.54) is 0 Å². The summed E-state index contributed by atoms with van der Waals surface area (Å²) in [7, 11) is -2.44. The number of benzene rings is 2. The lowest BCUT2D eigenvalue weighted by Crippen LogP contribution is -2.29. The number of oxime groups is 2. The highest BCUT2D eigenvalue weighted by Gasteiger charge is 2.33. The molecular weight excluding hydrogens is 351 g/mol. The molecule has 0 amide bonds. The lowest BCUT2D eigenvalue weighted by Gasteiger charge is -2.13. The third-order valence-corrected chi connectivity index (χ3v) is 4.74. The van der Waals surface area contributed by atoms with E-state index >= 15 is 0 Å². The molecule has 0 bridgehead atoms. The van der Waals surface area contributed by atoms with E-state index in [9.17, 15) is 0 Å². The van der Waals surface area contributed by atoms with Gasteiger partial charge in [-0.05, 0) is 24.3 Å². The van der Waals surface area contributed by atoms with Crippen molar-refractivity contribution in [2.45, 2.75) is 13.1 Å². The van der Waals surface area contributed by atoms with E-state index in [1.54, 1.807) is 24.3 Å². The molecule has 0 saturated heterocycles. The molecule has 0 unspecified atom stereocenters. The molecule has 0 N–H and O–H groups in total. The second kappa shape index (κ2) is 6.35. The summed E-state index contributed by atoms with van der Waals surface area (Å²) in [6.45, 7) is 3.76. The first-order valence-corrected chi connectivity index (χ1v) is 10.6. The summed E-state index contributed by atoms with van der Waals surface area (Å²) in [5, 5.41) is 9.91. The van der Waals surface area contributed by atoms with Crippen molar-refractivity contribution < 1.29 is 9.05 Å². The first-order chi connectivity index (χ1) is 10.9. The molecule has 23 heavy (non-hydrogen) atoms. The molecule has 1 heterocycles. The van der Waals surface area contributed by atoms with Crippen LogP contribution in [0.3, 0.4) is 0 Å². The van der Waals surface area contributed by atoms with Gasteiger partial charge in [-0.2, -0.15) is 0 Å². The standard InChI is InChI=1S/C16H14Cl2N2O2Si/c1-23(2)21-19-15(11-3-7-13(17)8-4-11)16(20-22-23)12-5-9-14(18)10-6-12/h3-10H,1-2H3. The first kappa shape index (κ1) is 16.0. The van der Waals surface area contributed by atoms with Crippen LogP contribution in [0.4, 0.5) is 0 Å². The molecule has 4 nitrogen and oxygen atoms in total. The fraction of sp³-hybridized carbons (Fsp3) is 0.125. The van der Waals surface area contributed by atoms with Gasteiger partial charge in [-0.3, -0.25) is 0 Å². The van der Waals surface area contributed by atoms with E-state index < -0.39 is 8.56 Å². The number of hydrogen-bond acceptors (Lipinski definition) is 4. The van der Waals surface area contributed by atoms with Gasteiger partial charge in [-0.1, -0.05) is 57.8 Å². The lowest BCUT2D eigenvalue weighted by molar-refractivity contribution is 0.198. The van der Waals surface area contributed by atoms with Crippen molar-refractivity contribution >= 4 is 43.2 Å². The highest BCUT2D eigenvalue weighted by molar-refractivity contribution is 6.65. The molecular formula is C16H14Cl2N2O2Si. The van der Waals surface area contributed by atoms with Crippen LogP contribution in [0.1, 0.15) is 11.1 Å². The number of nitrogens with zero attached hydrogens (tertiary/aromatic N) is 2. The quantitative estimate of drug-likeness (QED) is 0.714. The summed E-state index contributed by atoms with van der Waals surface area (Å²) >= 11 is 11.9. The minimum atomic E-state index is -2.44. The normalized spacial score (nSPS) is 16.5. The van der Waals surface area contributed by atoms with Gasteiger partial charge < -0.3 is 9.05 Å². The SMILES string of the molecule is C[Si]1(C)ON=C(c2ccc(Cl)cc2)C(c2ccc(Cl)cc2)=NO1. The van der Waals surface area contributed by atoms with Crippen LogP contribution in [0.2, 0.25) is 23.1 Å². The lowest BCUT2D eigenvalue weighted by atomic mass is 10.00. The van der Waals surface area contributed by atoms with Gasteiger partial charge in [-0.25, -0.2) is 0 Å². The van der Waals surface area contributed by atoms with Crippen molar-refractivity contribution in [2.24, 2.45) is 10.3 Å². The molecule has 0 atom stereocenters. The molecule has 7 heteroatoms. The molecule has 0 fully saturated rings. The highest BCUT2D eigenvalue weighted by atomic mass is 35.5. The Morgan fingerprint density at radius 2 is 1.04 bits per heavy atom. The van der Waals surface area contributed by atoms with Crippen LogP contribution in [-0.2, 0) is 9.05 Å². The zero-order valence-electron chi connectivity index (χ0n) is 12.6. The third-order valence-electron chi connectivity index (χ3n) is 3.17. The summed E-state index contributed by atoms with van der Waals surface area (Å²) in [5.41, 5.74) is 2.89. The van der Waals surface area contributed by atoms with Gasteiger partial charge in [0.25, 0.3) is 0 Å². The van der Waals surface area contributed by atoms with E-state index in [0.717, 1.165) is 11.1 Å². The molecule has 0 aromatic heterocycles. The second-order valence-electron chi connectivity index (χ2n) is 5.48. The molecule has 0 saturated carbocycles. The van der Waals surface area contributed by atoms with Crippen LogP contribution < -0.4 is 0 Å². The summed E-state index contributed by atoms with van der Waals surface area (Å²) in [6, 6.07) is 14.7. The molecule has 0 radical (unpaired) electrons. The maximum Gasteiger partial charge on any atom is 0.503 e. The summed E-state index contributed by atoms with van der Waals surface area (Å²) in [6.07, 6.45) is 0. The molecule has 118 valence electrons. The summed E-state index contributed by atoms with van der Waals surface area (Å²) < 4.78 is 11.2. The van der Waals surface area contributed by atoms with Crippen LogP contribution in [0, 0.1) is 0 Å². The Labute approximate surface area is 145 Å². The fourth-order valence-electron chi connectivity index (χ4n) is 2.01. The second-order valence-corrected chi connectivity index (χ2v) is 9.51. The topological polar surface area (TPSA) is 43.2 Å². The number of hydrogen-bond donors (Lipinski definition) is 0. The molecule has 2 aromatic rings. The minimum absolute atomic E-state index is 0.599. The third kappa shape index (κ3) is 3.75. The molecule has 2 aromatic carbocycles. The Kier molecular flexibility index (Phi) is 4.43. The van der Waals surface area contributed by atoms with Crippen molar-refractivity contribution in [1.29, 1.82) is 0 Å². The molecule has 3 rings (SSSR count). The van der Waals surface area contributed by atoms with E-state index in [4.69, 9.17) is 32.3 Å². The zero-order chi connectivity index (χ0) is 16.4. The van der Waals surface area contributed by atoms with Crippen LogP contribution in [0.25, 0.3) is 0 Å². The number of halogens is 2. The molecule has 1 aliphatic heterocycles. The van der Waals surface area contributed by atoms with Gasteiger partial charge in [0.2, 0.25) is 0 Å². The van der Waals surface area contributed by atoms with Crippen LogP contribution in [0.5, 0.6) is 0 Å². The molecule has 0 spiro atoms. The Balaban J connectivity index is 2.09. The van der Waals surface area contributed by atoms with E-state index in [-0.39, 0.29) is 0 Å². The highest BCUT2D eigenvalue weighted by Crippen LogP contribution is 2.20. The van der Waals surface area contributed by atoms with Crippen molar-refractivity contribution in [3.63, 3.8) is 0 Å². The fourth-order valence-corrected chi connectivity index (χ4v) is 2.92. The van der Waals surface area contributed by atoms with Crippen molar-refractivity contribution in [2.75, 3.05) is 0 Å². The van der Waals surface area contributed by atoms with Crippen molar-refractivity contribution in [3.8, 4) is 0 Å². The molecule has 0 aliphatic carbocycles. The smallest absolute Gasteiger partial charge is 0.408 e. The predicted molar refractivity (Wildman–Crippen MR) is 95.6 cm³/mol. The summed E-state index contributed by atoms with van der Waals surface area (Å²) in [5.74, 6) is 0. The largest absolute Gasteiger partial charge is 0.503 e. The van der Waals surface area contributed by atoms with E-state index in [0.29, 0.717) is 21.5 Å². The maximum absolute atomic E-state index is 5.97. The average Bonchev–Trinajstić information content (AvgIpc) is 2.68. The minimum Gasteiger partial charge on any atom is -0.408 e. The van der Waals surface area contributed by atoms with Gasteiger partial charge in [-0.15, -0.1) is 0 Å². The van der Waals surface area contributed by atoms with Crippen molar-refractivity contribution in [3.05, 3.63) is 69.7 Å². The van der Waals surface area contributed by atoms with E-state index in [1.807, 2.05) is 37.4 Å². The Hall–Kier alpha value is -1.82. The van der Waals surface area contributed by atoms with Gasteiger partial charge in [0.1, 0.15) is 11.4 Å². The predicted octanol–water partition coefficient (Wildman–Crippen LogP) is 4.85. The van der Waals surface area contributed by atoms with Gasteiger partial charge >= 0.3 is 8.56 Å². The monoisotopic (exact) mass is 364 g/mol. The summed E-state index contributed by atoms with van der Waals surface area (Å²) in [4.78, 5) is 0. The Morgan fingerprint density at radius 3 is 1.39 bits per heavy atom. The van der Waals surface area contributed by atoms with Crippen molar-refractivity contribution in [1.82, 2.24) is 0 Å².